The molecule has 2 N–H and O–H groups in total. The fourth-order valence-electron chi connectivity index (χ4n) is 3.85. The number of halogens is 5. The average molecular weight is 546 g/mol. The van der Waals surface area contributed by atoms with Gasteiger partial charge in [0, 0.05) is 17.5 Å². The number of aryl methyl sites for hydroxylation is 1. The van der Waals surface area contributed by atoms with Crippen molar-refractivity contribution in [3.8, 4) is 17.2 Å². The van der Waals surface area contributed by atoms with Crippen LogP contribution in [-0.2, 0) is 17.6 Å². The molecule has 0 aliphatic rings. The summed E-state index contributed by atoms with van der Waals surface area (Å²) in [6.07, 6.45) is -2.38. The third-order valence-corrected chi connectivity index (χ3v) is 5.93. The van der Waals surface area contributed by atoms with Crippen LogP contribution in [-0.4, -0.2) is 28.7 Å². The Labute approximate surface area is 220 Å². The summed E-state index contributed by atoms with van der Waals surface area (Å²) in [4.78, 5) is 16.2. The fraction of sp³-hybridized carbons (Fsp3) is 0.214. The molecule has 2 unspecified atom stereocenters. The highest BCUT2D eigenvalue weighted by Crippen LogP contribution is 2.26. The molecule has 6 nitrogen and oxygen atoms in total. The van der Waals surface area contributed by atoms with Crippen LogP contribution in [0.3, 0.4) is 0 Å². The Balaban J connectivity index is 1.34. The van der Waals surface area contributed by atoms with Gasteiger partial charge in [-0.15, -0.1) is 0 Å². The highest BCUT2D eigenvalue weighted by Gasteiger charge is 2.28. The second kappa shape index (κ2) is 12.1. The zero-order valence-electron chi connectivity index (χ0n) is 20.6. The SMILES string of the molecule is Cc1oc(-c2ccccc2)nc1CCOc1ccc(CC(NC(F)c2cc(F)c(F)c(F)c2F)C(=O)O)cc1. The van der Waals surface area contributed by atoms with E-state index in [2.05, 4.69) is 4.98 Å². The lowest BCUT2D eigenvalue weighted by Gasteiger charge is -2.19. The number of ether oxygens (including phenoxy) is 1. The number of benzene rings is 3. The van der Waals surface area contributed by atoms with Crippen molar-refractivity contribution in [1.82, 2.24) is 10.3 Å². The smallest absolute Gasteiger partial charge is 0.321 e. The number of carboxylic acid groups (broad SMARTS) is 1. The minimum Gasteiger partial charge on any atom is -0.493 e. The summed E-state index contributed by atoms with van der Waals surface area (Å²) in [7, 11) is 0. The Hall–Kier alpha value is -4.25. The molecule has 4 aromatic rings. The van der Waals surface area contributed by atoms with Gasteiger partial charge in [0.05, 0.1) is 12.3 Å². The Kier molecular flexibility index (Phi) is 8.60. The van der Waals surface area contributed by atoms with Crippen molar-refractivity contribution >= 4 is 5.97 Å². The van der Waals surface area contributed by atoms with E-state index in [9.17, 15) is 31.9 Å². The predicted octanol–water partition coefficient (Wildman–Crippen LogP) is 6.08. The quantitative estimate of drug-likeness (QED) is 0.103. The number of alkyl halides is 1. The zero-order valence-corrected chi connectivity index (χ0v) is 20.6. The molecule has 0 radical (unpaired) electrons. The normalized spacial score (nSPS) is 12.8. The third kappa shape index (κ3) is 6.61. The number of carboxylic acids is 1. The first-order chi connectivity index (χ1) is 18.6. The molecule has 0 bridgehead atoms. The molecule has 3 aromatic carbocycles. The monoisotopic (exact) mass is 546 g/mol. The van der Waals surface area contributed by atoms with Crippen LogP contribution < -0.4 is 10.1 Å². The molecule has 11 heteroatoms. The Morgan fingerprint density at radius 1 is 1.03 bits per heavy atom. The first kappa shape index (κ1) is 27.8. The molecule has 0 aliphatic carbocycles. The first-order valence-corrected chi connectivity index (χ1v) is 11.8. The molecular weight excluding hydrogens is 523 g/mol. The van der Waals surface area contributed by atoms with Crippen molar-refractivity contribution in [2.45, 2.75) is 32.1 Å². The van der Waals surface area contributed by atoms with Gasteiger partial charge in [0.1, 0.15) is 17.6 Å². The van der Waals surface area contributed by atoms with Gasteiger partial charge in [-0.25, -0.2) is 26.9 Å². The highest BCUT2D eigenvalue weighted by molar-refractivity contribution is 5.74. The number of rotatable bonds is 11. The van der Waals surface area contributed by atoms with Crippen LogP contribution in [0.2, 0.25) is 0 Å². The van der Waals surface area contributed by atoms with E-state index >= 15 is 0 Å². The van der Waals surface area contributed by atoms with Crippen molar-refractivity contribution in [2.75, 3.05) is 6.61 Å². The number of carbonyl (C=O) groups is 1. The van der Waals surface area contributed by atoms with E-state index in [1.165, 1.54) is 0 Å². The molecule has 0 saturated heterocycles. The van der Waals surface area contributed by atoms with Gasteiger partial charge in [-0.3, -0.25) is 10.1 Å². The van der Waals surface area contributed by atoms with E-state index in [0.717, 1.165) is 11.3 Å². The van der Waals surface area contributed by atoms with Crippen molar-refractivity contribution in [3.63, 3.8) is 0 Å². The molecule has 39 heavy (non-hydrogen) atoms. The molecule has 204 valence electrons. The zero-order chi connectivity index (χ0) is 28.1. The number of nitrogens with one attached hydrogen (secondary N) is 1. The molecule has 4 rings (SSSR count). The van der Waals surface area contributed by atoms with Crippen LogP contribution in [0, 0.1) is 30.2 Å². The lowest BCUT2D eigenvalue weighted by Crippen LogP contribution is -2.40. The molecular formula is C28H23F5N2O4. The summed E-state index contributed by atoms with van der Waals surface area (Å²) in [5.74, 6) is -7.83. The molecule has 2 atom stereocenters. The summed E-state index contributed by atoms with van der Waals surface area (Å²) in [5, 5.41) is 11.4. The standard InChI is InChI=1S/C28H23F5N2O4/c1-15-21(35-27(39-15)17-5-3-2-4-6-17)11-12-38-18-9-7-16(8-10-18)13-22(28(36)37)34-26(33)19-14-20(29)24(31)25(32)23(19)30/h2-10,14,22,26,34H,11-13H2,1H3,(H,36,37). The Morgan fingerprint density at radius 3 is 2.38 bits per heavy atom. The van der Waals surface area contributed by atoms with Crippen molar-refractivity contribution in [3.05, 3.63) is 107 Å². The maximum atomic E-state index is 14.6. The van der Waals surface area contributed by atoms with Crippen molar-refractivity contribution in [2.24, 2.45) is 0 Å². The lowest BCUT2D eigenvalue weighted by molar-refractivity contribution is -0.140. The molecule has 1 heterocycles. The van der Waals surface area contributed by atoms with Crippen molar-refractivity contribution in [1.29, 1.82) is 0 Å². The summed E-state index contributed by atoms with van der Waals surface area (Å²) in [6.45, 7) is 2.11. The second-order valence-electron chi connectivity index (χ2n) is 8.64. The number of oxazole rings is 1. The Morgan fingerprint density at radius 2 is 1.72 bits per heavy atom. The van der Waals surface area contributed by atoms with E-state index in [-0.39, 0.29) is 12.5 Å². The minimum atomic E-state index is -2.61. The van der Waals surface area contributed by atoms with E-state index in [4.69, 9.17) is 9.15 Å². The Bertz CT molecular complexity index is 1440. The first-order valence-electron chi connectivity index (χ1n) is 11.8. The van der Waals surface area contributed by atoms with E-state index in [0.29, 0.717) is 36.0 Å². The predicted molar refractivity (Wildman–Crippen MR) is 131 cm³/mol. The fourth-order valence-corrected chi connectivity index (χ4v) is 3.85. The topological polar surface area (TPSA) is 84.6 Å². The van der Waals surface area contributed by atoms with E-state index in [1.807, 2.05) is 42.6 Å². The van der Waals surface area contributed by atoms with E-state index < -0.39 is 47.1 Å². The summed E-state index contributed by atoms with van der Waals surface area (Å²) < 4.78 is 80.0. The maximum absolute atomic E-state index is 14.6. The van der Waals surface area contributed by atoms with Crippen LogP contribution >= 0.6 is 0 Å². The second-order valence-corrected chi connectivity index (χ2v) is 8.64. The number of aliphatic carboxylic acids is 1. The third-order valence-electron chi connectivity index (χ3n) is 5.93. The van der Waals surface area contributed by atoms with Gasteiger partial charge in [0.15, 0.2) is 29.6 Å². The van der Waals surface area contributed by atoms with Crippen LogP contribution in [0.15, 0.2) is 65.1 Å². The van der Waals surface area contributed by atoms with Gasteiger partial charge in [-0.05, 0) is 49.2 Å². The molecule has 0 amide bonds. The average Bonchev–Trinajstić information content (AvgIpc) is 3.30. The van der Waals surface area contributed by atoms with Crippen LogP contribution in [0.5, 0.6) is 5.75 Å². The summed E-state index contributed by atoms with van der Waals surface area (Å²) in [5.41, 5.74) is 0.892. The van der Waals surface area contributed by atoms with Gasteiger partial charge in [-0.2, -0.15) is 0 Å². The lowest BCUT2D eigenvalue weighted by atomic mass is 10.0. The van der Waals surface area contributed by atoms with Gasteiger partial charge < -0.3 is 14.3 Å². The van der Waals surface area contributed by atoms with Crippen molar-refractivity contribution < 1.29 is 41.0 Å². The summed E-state index contributed by atoms with van der Waals surface area (Å²) >= 11 is 0. The largest absolute Gasteiger partial charge is 0.493 e. The van der Waals surface area contributed by atoms with Crippen LogP contribution in [0.25, 0.3) is 11.5 Å². The summed E-state index contributed by atoms with van der Waals surface area (Å²) in [6, 6.07) is 14.3. The molecule has 0 spiro atoms. The van der Waals surface area contributed by atoms with Crippen LogP contribution in [0.4, 0.5) is 22.0 Å². The highest BCUT2D eigenvalue weighted by atomic mass is 19.2. The molecule has 1 aromatic heterocycles. The molecule has 0 saturated carbocycles. The van der Waals surface area contributed by atoms with Gasteiger partial charge >= 0.3 is 5.97 Å². The van der Waals surface area contributed by atoms with Crippen LogP contribution in [0.1, 0.15) is 28.9 Å². The minimum absolute atomic E-state index is 0.138. The number of aromatic nitrogens is 1. The maximum Gasteiger partial charge on any atom is 0.321 e. The van der Waals surface area contributed by atoms with E-state index in [1.54, 1.807) is 24.3 Å². The number of nitrogens with zero attached hydrogens (tertiary/aromatic N) is 1. The molecule has 0 aliphatic heterocycles. The number of hydrogen-bond donors (Lipinski definition) is 2. The number of hydrogen-bond acceptors (Lipinski definition) is 5. The van der Waals surface area contributed by atoms with Gasteiger partial charge in [0.25, 0.3) is 0 Å². The van der Waals surface area contributed by atoms with Gasteiger partial charge in [0.2, 0.25) is 5.89 Å². The molecule has 0 fully saturated rings. The van der Waals surface area contributed by atoms with Gasteiger partial charge in [-0.1, -0.05) is 30.3 Å².